The van der Waals surface area contributed by atoms with Gasteiger partial charge in [-0.25, -0.2) is 0 Å². The van der Waals surface area contributed by atoms with Crippen LogP contribution < -0.4 is 5.32 Å². The number of rotatable bonds is 5. The molecule has 1 rings (SSSR count). The van der Waals surface area contributed by atoms with Gasteiger partial charge in [0, 0.05) is 6.04 Å². The molecule has 0 radical (unpaired) electrons. The minimum absolute atomic E-state index is 0.698. The van der Waals surface area contributed by atoms with Crippen molar-refractivity contribution in [1.82, 2.24) is 5.32 Å². The molecule has 78 valence electrons. The van der Waals surface area contributed by atoms with Gasteiger partial charge in [-0.3, -0.25) is 0 Å². The van der Waals surface area contributed by atoms with E-state index in [0.29, 0.717) is 5.41 Å². The molecule has 0 aromatic heterocycles. The van der Waals surface area contributed by atoms with Gasteiger partial charge in [0.25, 0.3) is 0 Å². The normalized spacial score (nSPS) is 35.5. The summed E-state index contributed by atoms with van der Waals surface area (Å²) in [5.41, 5.74) is 0.698. The standard InChI is InChI=1S/C12H25N/c1-5-10(3)7-12(6-2)8-11(9-12)13-4/h10-11,13H,5-9H2,1-4H3. The molecule has 0 aromatic rings. The van der Waals surface area contributed by atoms with Crippen LogP contribution in [0.4, 0.5) is 0 Å². The maximum Gasteiger partial charge on any atom is 0.00746 e. The highest BCUT2D eigenvalue weighted by molar-refractivity contribution is 4.96. The van der Waals surface area contributed by atoms with Crippen molar-refractivity contribution in [1.29, 1.82) is 0 Å². The third-order valence-corrected chi connectivity index (χ3v) is 4.00. The van der Waals surface area contributed by atoms with Gasteiger partial charge in [-0.15, -0.1) is 0 Å². The van der Waals surface area contributed by atoms with Crippen molar-refractivity contribution in [3.05, 3.63) is 0 Å². The van der Waals surface area contributed by atoms with Crippen LogP contribution in [0.1, 0.15) is 52.9 Å². The smallest absolute Gasteiger partial charge is 0.00746 e. The van der Waals surface area contributed by atoms with E-state index in [9.17, 15) is 0 Å². The second-order valence-electron chi connectivity index (χ2n) is 4.96. The van der Waals surface area contributed by atoms with Gasteiger partial charge < -0.3 is 5.32 Å². The van der Waals surface area contributed by atoms with E-state index in [1.54, 1.807) is 0 Å². The highest BCUT2D eigenvalue weighted by Gasteiger charge is 2.42. The predicted octanol–water partition coefficient (Wildman–Crippen LogP) is 3.20. The van der Waals surface area contributed by atoms with Crippen molar-refractivity contribution in [2.24, 2.45) is 11.3 Å². The molecule has 13 heavy (non-hydrogen) atoms. The summed E-state index contributed by atoms with van der Waals surface area (Å²) in [6.07, 6.45) is 6.97. The molecule has 0 aliphatic heterocycles. The fraction of sp³-hybridized carbons (Fsp3) is 1.00. The molecule has 1 aliphatic rings. The van der Waals surface area contributed by atoms with E-state index in [1.807, 2.05) is 0 Å². The Balaban J connectivity index is 2.36. The zero-order valence-corrected chi connectivity index (χ0v) is 9.69. The Labute approximate surface area is 83.3 Å². The summed E-state index contributed by atoms with van der Waals surface area (Å²) in [5.74, 6) is 0.915. The fourth-order valence-electron chi connectivity index (χ4n) is 2.67. The predicted molar refractivity (Wildman–Crippen MR) is 58.9 cm³/mol. The van der Waals surface area contributed by atoms with Crippen molar-refractivity contribution < 1.29 is 0 Å². The van der Waals surface area contributed by atoms with Gasteiger partial charge in [-0.05, 0) is 37.6 Å². The molecule has 0 aromatic carbocycles. The lowest BCUT2D eigenvalue weighted by Crippen LogP contribution is -2.48. The molecule has 0 saturated heterocycles. The van der Waals surface area contributed by atoms with Crippen LogP contribution in [0.5, 0.6) is 0 Å². The molecule has 1 atom stereocenters. The van der Waals surface area contributed by atoms with Crippen LogP contribution in [-0.2, 0) is 0 Å². The Bertz CT molecular complexity index is 147. The van der Waals surface area contributed by atoms with Gasteiger partial charge in [-0.2, -0.15) is 0 Å². The van der Waals surface area contributed by atoms with Crippen molar-refractivity contribution in [3.8, 4) is 0 Å². The summed E-state index contributed by atoms with van der Waals surface area (Å²) >= 11 is 0. The van der Waals surface area contributed by atoms with E-state index in [4.69, 9.17) is 0 Å². The molecule has 1 unspecified atom stereocenters. The average molecular weight is 183 g/mol. The average Bonchev–Trinajstić information content (AvgIpc) is 2.10. The lowest BCUT2D eigenvalue weighted by molar-refractivity contribution is 0.0528. The van der Waals surface area contributed by atoms with E-state index in [2.05, 4.69) is 33.1 Å². The minimum atomic E-state index is 0.698. The van der Waals surface area contributed by atoms with Gasteiger partial charge in [0.1, 0.15) is 0 Å². The molecule has 1 heteroatoms. The maximum atomic E-state index is 3.38. The van der Waals surface area contributed by atoms with Crippen LogP contribution in [0.2, 0.25) is 0 Å². The molecule has 1 aliphatic carbocycles. The molecule has 0 amide bonds. The van der Waals surface area contributed by atoms with E-state index in [0.717, 1.165) is 12.0 Å². The van der Waals surface area contributed by atoms with Gasteiger partial charge >= 0.3 is 0 Å². The molecule has 0 heterocycles. The second kappa shape index (κ2) is 4.45. The summed E-state index contributed by atoms with van der Waals surface area (Å²) in [4.78, 5) is 0. The van der Waals surface area contributed by atoms with E-state index in [-0.39, 0.29) is 0 Å². The van der Waals surface area contributed by atoms with Crippen LogP contribution in [0.3, 0.4) is 0 Å². The lowest BCUT2D eigenvalue weighted by Gasteiger charge is -2.49. The summed E-state index contributed by atoms with van der Waals surface area (Å²) in [5, 5.41) is 3.38. The largest absolute Gasteiger partial charge is 0.317 e. The number of nitrogens with one attached hydrogen (secondary N) is 1. The van der Waals surface area contributed by atoms with E-state index >= 15 is 0 Å². The Morgan fingerprint density at radius 2 is 2.00 bits per heavy atom. The topological polar surface area (TPSA) is 12.0 Å². The second-order valence-corrected chi connectivity index (χ2v) is 4.96. The molecular weight excluding hydrogens is 158 g/mol. The van der Waals surface area contributed by atoms with Gasteiger partial charge in [-0.1, -0.05) is 33.6 Å². The highest BCUT2D eigenvalue weighted by Crippen LogP contribution is 2.48. The Morgan fingerprint density at radius 3 is 2.38 bits per heavy atom. The first-order valence-electron chi connectivity index (χ1n) is 5.83. The summed E-state index contributed by atoms with van der Waals surface area (Å²) in [6.45, 7) is 7.06. The monoisotopic (exact) mass is 183 g/mol. The van der Waals surface area contributed by atoms with E-state index in [1.165, 1.54) is 32.1 Å². The Morgan fingerprint density at radius 1 is 1.38 bits per heavy atom. The van der Waals surface area contributed by atoms with E-state index < -0.39 is 0 Å². The molecule has 0 bridgehead atoms. The zero-order valence-electron chi connectivity index (χ0n) is 9.69. The van der Waals surface area contributed by atoms with Crippen LogP contribution in [0.15, 0.2) is 0 Å². The van der Waals surface area contributed by atoms with Crippen LogP contribution in [0, 0.1) is 11.3 Å². The number of hydrogen-bond donors (Lipinski definition) is 1. The summed E-state index contributed by atoms with van der Waals surface area (Å²) in [7, 11) is 2.09. The van der Waals surface area contributed by atoms with Crippen molar-refractivity contribution >= 4 is 0 Å². The van der Waals surface area contributed by atoms with Crippen LogP contribution >= 0.6 is 0 Å². The van der Waals surface area contributed by atoms with Gasteiger partial charge in [0.2, 0.25) is 0 Å². The highest BCUT2D eigenvalue weighted by atomic mass is 14.9. The molecular formula is C12H25N. The van der Waals surface area contributed by atoms with Crippen LogP contribution in [-0.4, -0.2) is 13.1 Å². The SMILES string of the molecule is CCC(C)CC1(CC)CC(NC)C1. The third kappa shape index (κ3) is 2.46. The summed E-state index contributed by atoms with van der Waals surface area (Å²) in [6, 6.07) is 0.809. The van der Waals surface area contributed by atoms with Gasteiger partial charge in [0.15, 0.2) is 0 Å². The summed E-state index contributed by atoms with van der Waals surface area (Å²) < 4.78 is 0. The quantitative estimate of drug-likeness (QED) is 0.690. The molecule has 1 N–H and O–H groups in total. The third-order valence-electron chi connectivity index (χ3n) is 4.00. The van der Waals surface area contributed by atoms with Crippen molar-refractivity contribution in [2.75, 3.05) is 7.05 Å². The first-order valence-corrected chi connectivity index (χ1v) is 5.83. The fourth-order valence-corrected chi connectivity index (χ4v) is 2.67. The molecule has 1 nitrogen and oxygen atoms in total. The Kier molecular flexibility index (Phi) is 3.78. The van der Waals surface area contributed by atoms with Crippen molar-refractivity contribution in [3.63, 3.8) is 0 Å². The molecule has 1 fully saturated rings. The zero-order chi connectivity index (χ0) is 9.90. The molecule has 0 spiro atoms. The van der Waals surface area contributed by atoms with Gasteiger partial charge in [0.05, 0.1) is 0 Å². The van der Waals surface area contributed by atoms with Crippen molar-refractivity contribution in [2.45, 2.75) is 58.9 Å². The lowest BCUT2D eigenvalue weighted by atomic mass is 9.60. The first kappa shape index (κ1) is 11.0. The van der Waals surface area contributed by atoms with Crippen LogP contribution in [0.25, 0.3) is 0 Å². The minimum Gasteiger partial charge on any atom is -0.317 e. The first-order chi connectivity index (χ1) is 6.15. The Hall–Kier alpha value is -0.0400. The number of hydrogen-bond acceptors (Lipinski definition) is 1. The maximum absolute atomic E-state index is 3.38. The molecule has 1 saturated carbocycles.